The maximum absolute atomic E-state index is 4.08. The Labute approximate surface area is 114 Å². The quantitative estimate of drug-likeness (QED) is 0.424. The van der Waals surface area contributed by atoms with E-state index in [1.807, 2.05) is 0 Å². The van der Waals surface area contributed by atoms with Gasteiger partial charge in [0, 0.05) is 18.3 Å². The van der Waals surface area contributed by atoms with Crippen LogP contribution in [0, 0.1) is 5.92 Å². The normalized spacial score (nSPS) is 15.8. The Morgan fingerprint density at radius 3 is 2.28 bits per heavy atom. The van der Waals surface area contributed by atoms with Gasteiger partial charge in [-0.1, -0.05) is 38.2 Å². The molecule has 0 saturated heterocycles. The summed E-state index contributed by atoms with van der Waals surface area (Å²) in [6.07, 6.45) is 8.78. The number of rotatable bonds is 8. The third-order valence-corrected chi connectivity index (χ3v) is 3.70. The second-order valence-electron chi connectivity index (χ2n) is 5.17. The second-order valence-corrected chi connectivity index (χ2v) is 5.17. The highest BCUT2D eigenvalue weighted by atomic mass is 15.2. The van der Waals surface area contributed by atoms with Crippen LogP contribution in [-0.4, -0.2) is 17.5 Å². The maximum Gasteiger partial charge on any atom is 0.0289 e. The highest BCUT2D eigenvalue weighted by Gasteiger charge is 2.18. The van der Waals surface area contributed by atoms with Crippen LogP contribution in [0.1, 0.15) is 54.4 Å². The Kier molecular flexibility index (Phi) is 8.53. The fourth-order valence-corrected chi connectivity index (χ4v) is 2.25. The highest BCUT2D eigenvalue weighted by Crippen LogP contribution is 2.22. The average molecular weight is 249 g/mol. The van der Waals surface area contributed by atoms with Gasteiger partial charge in [0.25, 0.3) is 0 Å². The Bertz CT molecular complexity index is 299. The van der Waals surface area contributed by atoms with E-state index < -0.39 is 0 Å². The van der Waals surface area contributed by atoms with Crippen LogP contribution in [-0.2, 0) is 0 Å². The predicted molar refractivity (Wildman–Crippen MR) is 83.6 cm³/mol. The summed E-state index contributed by atoms with van der Waals surface area (Å²) < 4.78 is 0. The first kappa shape index (κ1) is 17.0. The summed E-state index contributed by atoms with van der Waals surface area (Å²) in [6, 6.07) is 0.614. The van der Waals surface area contributed by atoms with Crippen LogP contribution in [0.4, 0.5) is 0 Å². The zero-order chi connectivity index (χ0) is 14.1. The molecular weight excluding hydrogens is 218 g/mol. The second kappa shape index (κ2) is 9.02. The molecule has 0 N–H and O–H groups in total. The van der Waals surface area contributed by atoms with Crippen molar-refractivity contribution in [3.63, 3.8) is 0 Å². The first-order chi connectivity index (χ1) is 8.47. The van der Waals surface area contributed by atoms with Gasteiger partial charge in [-0.25, -0.2) is 0 Å². The lowest BCUT2D eigenvalue weighted by Gasteiger charge is -2.34. The van der Waals surface area contributed by atoms with Gasteiger partial charge in [0.1, 0.15) is 0 Å². The van der Waals surface area contributed by atoms with Gasteiger partial charge in [-0.15, -0.1) is 0 Å². The summed E-state index contributed by atoms with van der Waals surface area (Å²) in [6.45, 7) is 18.3. The van der Waals surface area contributed by atoms with E-state index in [1.54, 1.807) is 0 Å². The molecule has 0 spiro atoms. The fraction of sp³-hybridized carbons (Fsp3) is 0.647. The Balaban J connectivity index is 4.82. The molecular formula is C17H31N. The van der Waals surface area contributed by atoms with Crippen molar-refractivity contribution in [1.82, 2.24) is 4.90 Å². The summed E-state index contributed by atoms with van der Waals surface area (Å²) in [7, 11) is 0. The molecule has 0 radical (unpaired) electrons. The zero-order valence-electron chi connectivity index (χ0n) is 13.2. The van der Waals surface area contributed by atoms with E-state index in [0.717, 1.165) is 6.54 Å². The minimum atomic E-state index is 0.596. The molecule has 0 aliphatic heterocycles. The van der Waals surface area contributed by atoms with E-state index in [0.29, 0.717) is 12.0 Å². The van der Waals surface area contributed by atoms with Crippen LogP contribution in [0.15, 0.2) is 36.1 Å². The van der Waals surface area contributed by atoms with Crippen LogP contribution in [0.5, 0.6) is 0 Å². The topological polar surface area (TPSA) is 3.24 Å². The molecule has 0 heterocycles. The number of hydrogen-bond acceptors (Lipinski definition) is 1. The Hall–Kier alpha value is -0.980. The smallest absolute Gasteiger partial charge is 0.0289 e. The summed E-state index contributed by atoms with van der Waals surface area (Å²) >= 11 is 0. The van der Waals surface area contributed by atoms with Gasteiger partial charge in [-0.2, -0.15) is 0 Å². The van der Waals surface area contributed by atoms with Gasteiger partial charge in [0.2, 0.25) is 0 Å². The third kappa shape index (κ3) is 5.57. The van der Waals surface area contributed by atoms with Gasteiger partial charge in [-0.3, -0.25) is 0 Å². The molecule has 104 valence electrons. The standard InChI is InChI=1S/C17H31N/c1-8-11-12-16(7)18(10-3)17(9-2)13-15(6)14(4)5/h8,11-12,15,17H,4,9-10,13H2,1-3,5-7H3/b11-8-,16-12+/t15-,17?/m1/s1. The van der Waals surface area contributed by atoms with E-state index in [9.17, 15) is 0 Å². The van der Waals surface area contributed by atoms with Crippen LogP contribution in [0.3, 0.4) is 0 Å². The number of nitrogens with zero attached hydrogens (tertiary/aromatic N) is 1. The van der Waals surface area contributed by atoms with E-state index in [2.05, 4.69) is 71.2 Å². The minimum Gasteiger partial charge on any atom is -0.372 e. The minimum absolute atomic E-state index is 0.596. The Morgan fingerprint density at radius 2 is 1.89 bits per heavy atom. The van der Waals surface area contributed by atoms with Crippen molar-refractivity contribution in [1.29, 1.82) is 0 Å². The van der Waals surface area contributed by atoms with Gasteiger partial charge in [0.05, 0.1) is 0 Å². The molecule has 0 aromatic carbocycles. The Morgan fingerprint density at radius 1 is 1.28 bits per heavy atom. The first-order valence-corrected chi connectivity index (χ1v) is 7.19. The molecule has 0 bridgehead atoms. The molecule has 1 unspecified atom stereocenters. The van der Waals surface area contributed by atoms with Crippen molar-refractivity contribution in [2.75, 3.05) is 6.54 Å². The summed E-state index contributed by atoms with van der Waals surface area (Å²) in [5, 5.41) is 0. The number of hydrogen-bond donors (Lipinski definition) is 0. The van der Waals surface area contributed by atoms with Crippen molar-refractivity contribution < 1.29 is 0 Å². The van der Waals surface area contributed by atoms with Crippen LogP contribution < -0.4 is 0 Å². The monoisotopic (exact) mass is 249 g/mol. The van der Waals surface area contributed by atoms with Gasteiger partial charge >= 0.3 is 0 Å². The summed E-state index contributed by atoms with van der Waals surface area (Å²) in [4.78, 5) is 2.51. The van der Waals surface area contributed by atoms with Gasteiger partial charge in [-0.05, 0) is 52.5 Å². The molecule has 2 atom stereocenters. The SMILES string of the molecule is C=C(C)[C@H](C)CC(CC)N(CC)/C(C)=C/C=C\C. The van der Waals surface area contributed by atoms with Crippen molar-refractivity contribution >= 4 is 0 Å². The molecule has 0 aliphatic carbocycles. The first-order valence-electron chi connectivity index (χ1n) is 7.19. The molecule has 0 aromatic heterocycles. The molecule has 0 amide bonds. The number of allylic oxidation sites excluding steroid dienone is 5. The van der Waals surface area contributed by atoms with Gasteiger partial charge < -0.3 is 4.90 Å². The lowest BCUT2D eigenvalue weighted by Crippen LogP contribution is -2.34. The van der Waals surface area contributed by atoms with Crippen molar-refractivity contribution in [3.05, 3.63) is 36.1 Å². The average Bonchev–Trinajstić information content (AvgIpc) is 2.35. The molecule has 1 nitrogen and oxygen atoms in total. The van der Waals surface area contributed by atoms with E-state index >= 15 is 0 Å². The van der Waals surface area contributed by atoms with Crippen molar-refractivity contribution in [2.24, 2.45) is 5.92 Å². The van der Waals surface area contributed by atoms with Crippen molar-refractivity contribution in [3.8, 4) is 0 Å². The zero-order valence-corrected chi connectivity index (χ0v) is 13.2. The van der Waals surface area contributed by atoms with Crippen molar-refractivity contribution in [2.45, 2.75) is 60.4 Å². The highest BCUT2D eigenvalue weighted by molar-refractivity contribution is 5.10. The fourth-order valence-electron chi connectivity index (χ4n) is 2.25. The molecule has 0 aromatic rings. The molecule has 18 heavy (non-hydrogen) atoms. The molecule has 0 rings (SSSR count). The summed E-state index contributed by atoms with van der Waals surface area (Å²) in [5.74, 6) is 0.596. The van der Waals surface area contributed by atoms with Crippen LogP contribution in [0.25, 0.3) is 0 Å². The molecule has 1 heteroatoms. The van der Waals surface area contributed by atoms with E-state index in [1.165, 1.54) is 24.1 Å². The maximum atomic E-state index is 4.08. The third-order valence-electron chi connectivity index (χ3n) is 3.70. The largest absolute Gasteiger partial charge is 0.372 e. The van der Waals surface area contributed by atoms with Crippen LogP contribution >= 0.6 is 0 Å². The summed E-state index contributed by atoms with van der Waals surface area (Å²) in [5.41, 5.74) is 2.65. The van der Waals surface area contributed by atoms with E-state index in [-0.39, 0.29) is 0 Å². The van der Waals surface area contributed by atoms with E-state index in [4.69, 9.17) is 0 Å². The lowest BCUT2D eigenvalue weighted by atomic mass is 9.93. The van der Waals surface area contributed by atoms with Crippen LogP contribution in [0.2, 0.25) is 0 Å². The molecule has 0 fully saturated rings. The predicted octanol–water partition coefficient (Wildman–Crippen LogP) is 5.17. The van der Waals surface area contributed by atoms with Gasteiger partial charge in [0.15, 0.2) is 0 Å². The molecule has 0 saturated carbocycles. The molecule has 0 aliphatic rings. The lowest BCUT2D eigenvalue weighted by molar-refractivity contribution is 0.229.